The van der Waals surface area contributed by atoms with Gasteiger partial charge in [-0.2, -0.15) is 0 Å². The van der Waals surface area contributed by atoms with Gasteiger partial charge in [0.1, 0.15) is 0 Å². The van der Waals surface area contributed by atoms with E-state index in [0.717, 1.165) is 19.4 Å². The third-order valence-electron chi connectivity index (χ3n) is 3.44. The molecule has 1 heterocycles. The summed E-state index contributed by atoms with van der Waals surface area (Å²) in [6.45, 7) is 7.77. The molecule has 16 heavy (non-hydrogen) atoms. The van der Waals surface area contributed by atoms with Crippen LogP contribution >= 0.6 is 0 Å². The molecule has 1 aliphatic rings. The standard InChI is InChI=1S/C14H22N2/c1-4-11-8-10(3)9-12(5-2)14(11)13-6-7-15-16-13/h8-9,13,15-16H,4-7H2,1-3H3. The second-order valence-electron chi connectivity index (χ2n) is 4.62. The highest BCUT2D eigenvalue weighted by molar-refractivity contribution is 5.41. The van der Waals surface area contributed by atoms with Crippen LogP contribution in [-0.4, -0.2) is 6.54 Å². The van der Waals surface area contributed by atoms with Gasteiger partial charge >= 0.3 is 0 Å². The quantitative estimate of drug-likeness (QED) is 0.815. The van der Waals surface area contributed by atoms with Crippen LogP contribution in [0.3, 0.4) is 0 Å². The minimum absolute atomic E-state index is 0.505. The summed E-state index contributed by atoms with van der Waals surface area (Å²) >= 11 is 0. The third kappa shape index (κ3) is 2.13. The van der Waals surface area contributed by atoms with Crippen molar-refractivity contribution in [3.05, 3.63) is 34.4 Å². The smallest absolute Gasteiger partial charge is 0.0480 e. The van der Waals surface area contributed by atoms with E-state index in [9.17, 15) is 0 Å². The van der Waals surface area contributed by atoms with Crippen molar-refractivity contribution in [1.29, 1.82) is 0 Å². The Morgan fingerprint density at radius 2 is 1.81 bits per heavy atom. The van der Waals surface area contributed by atoms with E-state index in [1.54, 1.807) is 5.56 Å². The lowest BCUT2D eigenvalue weighted by Gasteiger charge is -2.20. The fourth-order valence-corrected chi connectivity index (χ4v) is 2.69. The van der Waals surface area contributed by atoms with Crippen LogP contribution in [0.5, 0.6) is 0 Å². The lowest BCUT2D eigenvalue weighted by Crippen LogP contribution is -2.26. The lowest BCUT2D eigenvalue weighted by atomic mass is 9.89. The minimum atomic E-state index is 0.505. The van der Waals surface area contributed by atoms with Crippen molar-refractivity contribution in [1.82, 2.24) is 10.9 Å². The predicted molar refractivity (Wildman–Crippen MR) is 68.4 cm³/mol. The average molecular weight is 218 g/mol. The van der Waals surface area contributed by atoms with Crippen LogP contribution in [0.1, 0.15) is 48.6 Å². The molecule has 88 valence electrons. The van der Waals surface area contributed by atoms with Crippen molar-refractivity contribution in [2.75, 3.05) is 6.54 Å². The first-order valence-electron chi connectivity index (χ1n) is 6.37. The second kappa shape index (κ2) is 4.98. The molecule has 1 fully saturated rings. The van der Waals surface area contributed by atoms with Crippen LogP contribution in [0.15, 0.2) is 12.1 Å². The number of hydrogen-bond donors (Lipinski definition) is 2. The molecule has 2 nitrogen and oxygen atoms in total. The number of rotatable bonds is 3. The second-order valence-corrected chi connectivity index (χ2v) is 4.62. The molecule has 0 aliphatic carbocycles. The summed E-state index contributed by atoms with van der Waals surface area (Å²) < 4.78 is 0. The summed E-state index contributed by atoms with van der Waals surface area (Å²) in [5.41, 5.74) is 12.6. The van der Waals surface area contributed by atoms with Gasteiger partial charge in [-0.3, -0.25) is 10.9 Å². The Labute approximate surface area is 98.4 Å². The molecule has 0 amide bonds. The molecule has 1 aromatic rings. The van der Waals surface area contributed by atoms with Crippen molar-refractivity contribution >= 4 is 0 Å². The summed E-state index contributed by atoms with van der Waals surface area (Å²) in [6.07, 6.45) is 3.45. The monoisotopic (exact) mass is 218 g/mol. The first kappa shape index (κ1) is 11.6. The molecule has 0 aromatic heterocycles. The molecule has 0 radical (unpaired) electrons. The largest absolute Gasteiger partial charge is 0.257 e. The Hall–Kier alpha value is -0.860. The van der Waals surface area contributed by atoms with Crippen LogP contribution in [0.25, 0.3) is 0 Å². The number of benzene rings is 1. The van der Waals surface area contributed by atoms with E-state index in [0.29, 0.717) is 6.04 Å². The van der Waals surface area contributed by atoms with E-state index in [1.807, 2.05) is 0 Å². The van der Waals surface area contributed by atoms with Gasteiger partial charge in [-0.25, -0.2) is 0 Å². The Balaban J connectivity index is 2.46. The van der Waals surface area contributed by atoms with Crippen LogP contribution in [0.2, 0.25) is 0 Å². The molecular weight excluding hydrogens is 196 g/mol. The molecule has 1 unspecified atom stereocenters. The SMILES string of the molecule is CCc1cc(C)cc(CC)c1C1CCNN1. The third-order valence-corrected chi connectivity index (χ3v) is 3.44. The zero-order valence-corrected chi connectivity index (χ0v) is 10.6. The maximum absolute atomic E-state index is 3.39. The summed E-state index contributed by atoms with van der Waals surface area (Å²) in [4.78, 5) is 0. The first-order valence-corrected chi connectivity index (χ1v) is 6.37. The average Bonchev–Trinajstić information content (AvgIpc) is 2.80. The van der Waals surface area contributed by atoms with E-state index < -0.39 is 0 Å². The predicted octanol–water partition coefficient (Wildman–Crippen LogP) is 2.66. The van der Waals surface area contributed by atoms with E-state index in [1.165, 1.54) is 23.1 Å². The Bertz CT molecular complexity index is 340. The molecule has 1 atom stereocenters. The van der Waals surface area contributed by atoms with Crippen molar-refractivity contribution in [2.24, 2.45) is 0 Å². The number of hydrazine groups is 1. The van der Waals surface area contributed by atoms with Gasteiger partial charge in [-0.15, -0.1) is 0 Å². The van der Waals surface area contributed by atoms with Gasteiger partial charge in [0.15, 0.2) is 0 Å². The minimum Gasteiger partial charge on any atom is -0.257 e. The molecule has 0 saturated carbocycles. The van der Waals surface area contributed by atoms with Crippen LogP contribution < -0.4 is 10.9 Å². The van der Waals surface area contributed by atoms with E-state index in [-0.39, 0.29) is 0 Å². The fraction of sp³-hybridized carbons (Fsp3) is 0.571. The highest BCUT2D eigenvalue weighted by Crippen LogP contribution is 2.28. The number of aryl methyl sites for hydroxylation is 3. The summed E-state index contributed by atoms with van der Waals surface area (Å²) in [5.74, 6) is 0. The van der Waals surface area contributed by atoms with Gasteiger partial charge in [0.25, 0.3) is 0 Å². The van der Waals surface area contributed by atoms with Crippen molar-refractivity contribution < 1.29 is 0 Å². The first-order chi connectivity index (χ1) is 7.76. The van der Waals surface area contributed by atoms with Crippen LogP contribution in [-0.2, 0) is 12.8 Å². The van der Waals surface area contributed by atoms with Crippen molar-refractivity contribution in [3.63, 3.8) is 0 Å². The molecule has 2 heteroatoms. The van der Waals surface area contributed by atoms with E-state index in [4.69, 9.17) is 0 Å². The van der Waals surface area contributed by atoms with Gasteiger partial charge in [-0.05, 0) is 42.9 Å². The van der Waals surface area contributed by atoms with E-state index in [2.05, 4.69) is 43.8 Å². The maximum Gasteiger partial charge on any atom is 0.0480 e. The van der Waals surface area contributed by atoms with Crippen molar-refractivity contribution in [2.45, 2.75) is 46.1 Å². The number of hydrogen-bond acceptors (Lipinski definition) is 2. The molecular formula is C14H22N2. The highest BCUT2D eigenvalue weighted by Gasteiger charge is 2.21. The number of nitrogens with one attached hydrogen (secondary N) is 2. The van der Waals surface area contributed by atoms with Gasteiger partial charge in [0.05, 0.1) is 0 Å². The Kier molecular flexibility index (Phi) is 3.62. The van der Waals surface area contributed by atoms with E-state index >= 15 is 0 Å². The zero-order chi connectivity index (χ0) is 11.5. The van der Waals surface area contributed by atoms with Crippen LogP contribution in [0.4, 0.5) is 0 Å². The maximum atomic E-state index is 3.39. The summed E-state index contributed by atoms with van der Waals surface area (Å²) in [6, 6.07) is 5.19. The molecule has 1 aliphatic heterocycles. The lowest BCUT2D eigenvalue weighted by molar-refractivity contribution is 0.573. The van der Waals surface area contributed by atoms with Gasteiger partial charge in [-0.1, -0.05) is 31.5 Å². The topological polar surface area (TPSA) is 24.1 Å². The van der Waals surface area contributed by atoms with Gasteiger partial charge < -0.3 is 0 Å². The summed E-state index contributed by atoms with van der Waals surface area (Å²) in [5, 5.41) is 0. The zero-order valence-electron chi connectivity index (χ0n) is 10.6. The van der Waals surface area contributed by atoms with Crippen LogP contribution in [0, 0.1) is 6.92 Å². The molecule has 0 spiro atoms. The normalized spacial score (nSPS) is 20.3. The molecule has 2 rings (SSSR count). The fourth-order valence-electron chi connectivity index (χ4n) is 2.69. The highest BCUT2D eigenvalue weighted by atomic mass is 15.4. The molecule has 0 bridgehead atoms. The summed E-state index contributed by atoms with van der Waals surface area (Å²) in [7, 11) is 0. The van der Waals surface area contributed by atoms with Crippen molar-refractivity contribution in [3.8, 4) is 0 Å². The van der Waals surface area contributed by atoms with Gasteiger partial charge in [0, 0.05) is 12.6 Å². The molecule has 2 N–H and O–H groups in total. The Morgan fingerprint density at radius 1 is 1.19 bits per heavy atom. The van der Waals surface area contributed by atoms with Gasteiger partial charge in [0.2, 0.25) is 0 Å². The molecule has 1 aromatic carbocycles. The Morgan fingerprint density at radius 3 is 2.25 bits per heavy atom. The molecule has 1 saturated heterocycles.